The Morgan fingerprint density at radius 3 is 2.70 bits per heavy atom. The fraction of sp³-hybridized carbons (Fsp3) is 0.286. The van der Waals surface area contributed by atoms with Gasteiger partial charge >= 0.3 is 5.97 Å². The summed E-state index contributed by atoms with van der Waals surface area (Å²) in [5, 5.41) is 11.8. The number of carbonyl (C=O) groups is 2. The van der Waals surface area contributed by atoms with Crippen LogP contribution in [0.5, 0.6) is 0 Å². The molecule has 1 amide bonds. The molecule has 9 heteroatoms. The normalized spacial score (nSPS) is 11.1. The Labute approximate surface area is 178 Å². The van der Waals surface area contributed by atoms with E-state index in [-0.39, 0.29) is 16.3 Å². The molecule has 0 fully saturated rings. The van der Waals surface area contributed by atoms with E-state index >= 15 is 0 Å². The zero-order valence-corrected chi connectivity index (χ0v) is 17.5. The van der Waals surface area contributed by atoms with Gasteiger partial charge in [0.2, 0.25) is 0 Å². The lowest BCUT2D eigenvalue weighted by atomic mass is 10.1. The summed E-state index contributed by atoms with van der Waals surface area (Å²) in [5.74, 6) is -2.42. The minimum Gasteiger partial charge on any atom is -0.451 e. The first kappa shape index (κ1) is 23.1. The van der Waals surface area contributed by atoms with Gasteiger partial charge in [-0.2, -0.15) is 5.26 Å². The summed E-state index contributed by atoms with van der Waals surface area (Å²) >= 11 is 5.65. The van der Waals surface area contributed by atoms with Gasteiger partial charge in [0.05, 0.1) is 12.3 Å². The largest absolute Gasteiger partial charge is 0.451 e. The highest BCUT2D eigenvalue weighted by Gasteiger charge is 2.16. The lowest BCUT2D eigenvalue weighted by Crippen LogP contribution is -2.21. The topological polar surface area (TPSA) is 93.3 Å². The Hall–Kier alpha value is -3.15. The van der Waals surface area contributed by atoms with Gasteiger partial charge in [-0.05, 0) is 49.8 Å². The molecule has 0 unspecified atom stereocenters. The summed E-state index contributed by atoms with van der Waals surface area (Å²) < 4.78 is 25.7. The van der Waals surface area contributed by atoms with E-state index in [1.54, 1.807) is 13.2 Å². The maximum Gasteiger partial charge on any atom is 0.349 e. The van der Waals surface area contributed by atoms with Crippen molar-refractivity contribution < 1.29 is 23.5 Å². The van der Waals surface area contributed by atoms with Gasteiger partial charge in [-0.3, -0.25) is 4.79 Å². The molecule has 1 heterocycles. The van der Waals surface area contributed by atoms with Gasteiger partial charge < -0.3 is 19.4 Å². The number of amides is 1. The van der Waals surface area contributed by atoms with E-state index in [1.165, 1.54) is 18.2 Å². The standard InChI is InChI=1S/C21H21ClFN3O4/c1-13-8-15(14(2)26(13)6-7-29-3)9-16(11-24)21(28)30-12-20(27)25-19-5-4-17(22)10-18(19)23/h4-5,8-10H,6-7,12H2,1-3H3,(H,25,27)/b16-9+. The van der Waals surface area contributed by atoms with Crippen LogP contribution in [-0.2, 0) is 25.6 Å². The lowest BCUT2D eigenvalue weighted by Gasteiger charge is -2.08. The highest BCUT2D eigenvalue weighted by molar-refractivity contribution is 6.30. The number of benzene rings is 1. The monoisotopic (exact) mass is 433 g/mol. The molecule has 0 atom stereocenters. The minimum atomic E-state index is -0.953. The molecule has 0 aliphatic carbocycles. The maximum absolute atomic E-state index is 13.7. The molecule has 1 aromatic carbocycles. The number of aromatic nitrogens is 1. The molecule has 1 aromatic heterocycles. The summed E-state index contributed by atoms with van der Waals surface area (Å²) in [5.41, 5.74) is 2.14. The smallest absolute Gasteiger partial charge is 0.349 e. The van der Waals surface area contributed by atoms with E-state index in [9.17, 15) is 19.2 Å². The number of nitrogens with one attached hydrogen (secondary N) is 1. The molecule has 1 N–H and O–H groups in total. The molecule has 7 nitrogen and oxygen atoms in total. The number of hydrogen-bond acceptors (Lipinski definition) is 5. The van der Waals surface area contributed by atoms with Crippen LogP contribution in [0.1, 0.15) is 17.0 Å². The number of carbonyl (C=O) groups excluding carboxylic acids is 2. The number of methoxy groups -OCH3 is 1. The number of halogens is 2. The predicted molar refractivity (Wildman–Crippen MR) is 110 cm³/mol. The minimum absolute atomic E-state index is 0.0972. The molecule has 2 rings (SSSR count). The van der Waals surface area contributed by atoms with E-state index in [4.69, 9.17) is 21.1 Å². The number of nitriles is 1. The zero-order valence-electron chi connectivity index (χ0n) is 16.8. The molecule has 2 aromatic rings. The van der Waals surface area contributed by atoms with Gasteiger partial charge in [-0.15, -0.1) is 0 Å². The van der Waals surface area contributed by atoms with Crippen LogP contribution in [0.4, 0.5) is 10.1 Å². The molecule has 30 heavy (non-hydrogen) atoms. The van der Waals surface area contributed by atoms with E-state index in [0.717, 1.165) is 17.5 Å². The number of aryl methyl sites for hydroxylation is 1. The molecule has 158 valence electrons. The van der Waals surface area contributed by atoms with Crippen LogP contribution in [0.3, 0.4) is 0 Å². The van der Waals surface area contributed by atoms with Crippen molar-refractivity contribution >= 4 is 35.2 Å². The molecule has 0 aliphatic heterocycles. The predicted octanol–water partition coefficient (Wildman–Crippen LogP) is 3.63. The van der Waals surface area contributed by atoms with Crippen molar-refractivity contribution in [2.24, 2.45) is 0 Å². The molecule has 0 bridgehead atoms. The second kappa shape index (κ2) is 10.6. The highest BCUT2D eigenvalue weighted by atomic mass is 35.5. The molecule has 0 saturated carbocycles. The molecule has 0 saturated heterocycles. The van der Waals surface area contributed by atoms with Crippen LogP contribution >= 0.6 is 11.6 Å². The SMILES string of the molecule is COCCn1c(C)cc(/C=C(\C#N)C(=O)OCC(=O)Nc2ccc(Cl)cc2F)c1C. The van der Waals surface area contributed by atoms with Crippen LogP contribution in [0.25, 0.3) is 6.08 Å². The Morgan fingerprint density at radius 2 is 2.07 bits per heavy atom. The fourth-order valence-electron chi connectivity index (χ4n) is 2.78. The summed E-state index contributed by atoms with van der Waals surface area (Å²) in [4.78, 5) is 24.1. The third kappa shape index (κ3) is 5.92. The van der Waals surface area contributed by atoms with Crippen molar-refractivity contribution in [2.45, 2.75) is 20.4 Å². The average molecular weight is 434 g/mol. The number of anilines is 1. The van der Waals surface area contributed by atoms with Crippen LogP contribution in [0.2, 0.25) is 5.02 Å². The number of esters is 1. The van der Waals surface area contributed by atoms with E-state index in [0.29, 0.717) is 18.7 Å². The Balaban J connectivity index is 2.04. The van der Waals surface area contributed by atoms with Gasteiger partial charge in [0.15, 0.2) is 6.61 Å². The summed E-state index contributed by atoms with van der Waals surface area (Å²) in [6.45, 7) is 4.26. The first-order valence-electron chi connectivity index (χ1n) is 8.96. The van der Waals surface area contributed by atoms with Crippen molar-refractivity contribution in [3.8, 4) is 6.07 Å². The van der Waals surface area contributed by atoms with Crippen molar-refractivity contribution in [1.82, 2.24) is 4.57 Å². The zero-order chi connectivity index (χ0) is 22.3. The number of ether oxygens (including phenoxy) is 2. The Kier molecular flexibility index (Phi) is 8.16. The van der Waals surface area contributed by atoms with Gasteiger partial charge in [0, 0.05) is 30.1 Å². The molecule has 0 spiro atoms. The quantitative estimate of drug-likeness (QED) is 0.390. The van der Waals surface area contributed by atoms with E-state index in [2.05, 4.69) is 5.32 Å². The van der Waals surface area contributed by atoms with Crippen LogP contribution < -0.4 is 5.32 Å². The number of hydrogen-bond donors (Lipinski definition) is 1. The maximum atomic E-state index is 13.7. The average Bonchev–Trinajstić information content (AvgIpc) is 2.97. The molecule has 0 radical (unpaired) electrons. The summed E-state index contributed by atoms with van der Waals surface area (Å²) in [7, 11) is 1.61. The van der Waals surface area contributed by atoms with Crippen LogP contribution in [-0.4, -0.2) is 36.8 Å². The summed E-state index contributed by atoms with van der Waals surface area (Å²) in [6.07, 6.45) is 1.41. The second-order valence-electron chi connectivity index (χ2n) is 6.39. The first-order chi connectivity index (χ1) is 14.3. The Bertz CT molecular complexity index is 1020. The van der Waals surface area contributed by atoms with Gasteiger partial charge in [0.25, 0.3) is 5.91 Å². The third-order valence-corrected chi connectivity index (χ3v) is 4.55. The van der Waals surface area contributed by atoms with E-state index < -0.39 is 24.3 Å². The van der Waals surface area contributed by atoms with Gasteiger partial charge in [-0.25, -0.2) is 9.18 Å². The first-order valence-corrected chi connectivity index (χ1v) is 9.34. The molecular weight excluding hydrogens is 413 g/mol. The number of nitrogens with zero attached hydrogens (tertiary/aromatic N) is 2. The van der Waals surface area contributed by atoms with Crippen LogP contribution in [0.15, 0.2) is 29.8 Å². The van der Waals surface area contributed by atoms with Crippen LogP contribution in [0, 0.1) is 31.0 Å². The Morgan fingerprint density at radius 1 is 1.33 bits per heavy atom. The van der Waals surface area contributed by atoms with Crippen molar-refractivity contribution in [3.05, 3.63) is 57.6 Å². The van der Waals surface area contributed by atoms with Crippen molar-refractivity contribution in [2.75, 3.05) is 25.6 Å². The summed E-state index contributed by atoms with van der Waals surface area (Å²) in [6, 6.07) is 7.37. The van der Waals surface area contributed by atoms with Gasteiger partial charge in [-0.1, -0.05) is 11.6 Å². The van der Waals surface area contributed by atoms with Crippen molar-refractivity contribution in [1.29, 1.82) is 5.26 Å². The molecule has 0 aliphatic rings. The van der Waals surface area contributed by atoms with Crippen molar-refractivity contribution in [3.63, 3.8) is 0 Å². The highest BCUT2D eigenvalue weighted by Crippen LogP contribution is 2.20. The third-order valence-electron chi connectivity index (χ3n) is 4.31. The second-order valence-corrected chi connectivity index (χ2v) is 6.83. The molecular formula is C21H21ClFN3O4. The fourth-order valence-corrected chi connectivity index (χ4v) is 2.94. The van der Waals surface area contributed by atoms with E-state index in [1.807, 2.05) is 24.5 Å². The number of rotatable bonds is 8. The lowest BCUT2D eigenvalue weighted by molar-refractivity contribution is -0.142. The van der Waals surface area contributed by atoms with Gasteiger partial charge in [0.1, 0.15) is 17.5 Å².